The van der Waals surface area contributed by atoms with Crippen molar-refractivity contribution in [1.82, 2.24) is 10.6 Å². The minimum Gasteiger partial charge on any atom is -0.320 e. The Labute approximate surface area is 132 Å². The maximum Gasteiger partial charge on any atom is 0.159 e. The summed E-state index contributed by atoms with van der Waals surface area (Å²) in [5.74, 6) is 0.300. The van der Waals surface area contributed by atoms with Gasteiger partial charge in [0.05, 0.1) is 12.0 Å². The fourth-order valence-corrected chi connectivity index (χ4v) is 3.49. The van der Waals surface area contributed by atoms with Crippen molar-refractivity contribution in [3.63, 3.8) is 0 Å². The number of rotatable bonds is 5. The highest BCUT2D eigenvalue weighted by molar-refractivity contribution is 5.93. The van der Waals surface area contributed by atoms with Crippen LogP contribution in [-0.4, -0.2) is 31.5 Å². The number of hydrogen-bond donors (Lipinski definition) is 2. The first-order valence-corrected chi connectivity index (χ1v) is 8.19. The Bertz CT molecular complexity index is 580. The van der Waals surface area contributed by atoms with Gasteiger partial charge in [-0.1, -0.05) is 55.0 Å². The Morgan fingerprint density at radius 1 is 1.05 bits per heavy atom. The van der Waals surface area contributed by atoms with Crippen molar-refractivity contribution in [3.8, 4) is 0 Å². The van der Waals surface area contributed by atoms with Gasteiger partial charge in [-0.25, -0.2) is 0 Å². The molecule has 116 valence electrons. The van der Waals surface area contributed by atoms with Crippen LogP contribution in [-0.2, 0) is 4.79 Å². The molecule has 0 radical (unpaired) electrons. The molecule has 0 spiro atoms. The van der Waals surface area contributed by atoms with Crippen molar-refractivity contribution in [2.24, 2.45) is 5.92 Å². The molecule has 2 bridgehead atoms. The van der Waals surface area contributed by atoms with E-state index in [-0.39, 0.29) is 18.0 Å². The number of unbranched alkanes of at least 4 members (excludes halogenated alkanes) is 1. The van der Waals surface area contributed by atoms with Crippen LogP contribution in [0, 0.1) is 5.92 Å². The molecule has 3 heteroatoms. The highest BCUT2D eigenvalue weighted by Crippen LogP contribution is 2.34. The maximum absolute atomic E-state index is 12.9. The van der Waals surface area contributed by atoms with E-state index in [1.54, 1.807) is 0 Å². The summed E-state index contributed by atoms with van der Waals surface area (Å²) in [6, 6.07) is 0.0983. The predicted molar refractivity (Wildman–Crippen MR) is 90.6 cm³/mol. The Hall–Kier alpha value is -1.71. The number of carbonyl (C=O) groups is 1. The number of hydrogen-bond acceptors (Lipinski definition) is 3. The van der Waals surface area contributed by atoms with E-state index in [9.17, 15) is 4.79 Å². The molecule has 2 N–H and O–H groups in total. The fraction of sp³-hybridized carbons (Fsp3) is 0.421. The Morgan fingerprint density at radius 2 is 1.86 bits per heavy atom. The lowest BCUT2D eigenvalue weighted by Crippen LogP contribution is -2.33. The van der Waals surface area contributed by atoms with Crippen molar-refractivity contribution in [2.45, 2.75) is 31.3 Å². The van der Waals surface area contributed by atoms with Gasteiger partial charge in [-0.2, -0.15) is 0 Å². The van der Waals surface area contributed by atoms with Crippen molar-refractivity contribution >= 4 is 5.78 Å². The molecule has 3 rings (SSSR count). The van der Waals surface area contributed by atoms with Crippen LogP contribution in [0.3, 0.4) is 0 Å². The van der Waals surface area contributed by atoms with E-state index in [0.29, 0.717) is 5.78 Å². The topological polar surface area (TPSA) is 41.1 Å². The lowest BCUT2D eigenvalue weighted by Gasteiger charge is -2.18. The van der Waals surface area contributed by atoms with Gasteiger partial charge in [0.25, 0.3) is 0 Å². The van der Waals surface area contributed by atoms with E-state index in [1.807, 2.05) is 25.3 Å². The van der Waals surface area contributed by atoms with Crippen LogP contribution in [0.1, 0.15) is 19.3 Å². The van der Waals surface area contributed by atoms with E-state index in [1.165, 1.54) is 5.57 Å². The number of ketones is 1. The third-order valence-electron chi connectivity index (χ3n) is 4.63. The normalized spacial score (nSPS) is 29.5. The number of allylic oxidation sites excluding steroid dienone is 7. The van der Waals surface area contributed by atoms with Gasteiger partial charge >= 0.3 is 0 Å². The summed E-state index contributed by atoms with van der Waals surface area (Å²) >= 11 is 0. The van der Waals surface area contributed by atoms with Gasteiger partial charge in [-0.15, -0.1) is 0 Å². The molecular formula is C19H24N2O. The molecule has 3 aliphatic rings. The summed E-state index contributed by atoms with van der Waals surface area (Å²) in [6.07, 6.45) is 19.7. The molecular weight excluding hydrogens is 272 g/mol. The molecule has 0 aromatic rings. The summed E-state index contributed by atoms with van der Waals surface area (Å²) in [7, 11) is 1.97. The first kappa shape index (κ1) is 15.2. The van der Waals surface area contributed by atoms with E-state index < -0.39 is 0 Å². The van der Waals surface area contributed by atoms with Gasteiger partial charge < -0.3 is 5.32 Å². The van der Waals surface area contributed by atoms with Crippen molar-refractivity contribution in [2.75, 3.05) is 13.6 Å². The van der Waals surface area contributed by atoms with E-state index in [0.717, 1.165) is 31.4 Å². The summed E-state index contributed by atoms with van der Waals surface area (Å²) < 4.78 is 0. The maximum atomic E-state index is 12.9. The average molecular weight is 296 g/mol. The van der Waals surface area contributed by atoms with E-state index in [2.05, 4.69) is 41.0 Å². The van der Waals surface area contributed by atoms with Crippen LogP contribution < -0.4 is 10.6 Å². The first-order chi connectivity index (χ1) is 10.8. The van der Waals surface area contributed by atoms with Crippen LogP contribution >= 0.6 is 0 Å². The third-order valence-corrected chi connectivity index (χ3v) is 4.63. The van der Waals surface area contributed by atoms with Gasteiger partial charge in [0.15, 0.2) is 5.78 Å². The summed E-state index contributed by atoms with van der Waals surface area (Å²) in [6.45, 7) is 1.01. The second kappa shape index (κ2) is 7.03. The second-order valence-corrected chi connectivity index (χ2v) is 6.11. The highest BCUT2D eigenvalue weighted by Gasteiger charge is 2.43. The molecule has 3 atom stereocenters. The third kappa shape index (κ3) is 3.06. The number of Topliss-reactive ketones (excluding diaryl/α,β-unsaturated/α-hetero) is 1. The van der Waals surface area contributed by atoms with Crippen LogP contribution in [0.2, 0.25) is 0 Å². The number of carbonyl (C=O) groups excluding carboxylic acids is 1. The monoisotopic (exact) mass is 296 g/mol. The Morgan fingerprint density at radius 3 is 2.73 bits per heavy atom. The molecule has 2 aliphatic carbocycles. The smallest absolute Gasteiger partial charge is 0.159 e. The molecule has 1 aliphatic heterocycles. The van der Waals surface area contributed by atoms with E-state index in [4.69, 9.17) is 0 Å². The molecule has 0 aromatic heterocycles. The molecule has 1 saturated heterocycles. The highest BCUT2D eigenvalue weighted by atomic mass is 16.1. The minimum atomic E-state index is -0.0494. The largest absolute Gasteiger partial charge is 0.320 e. The van der Waals surface area contributed by atoms with Crippen molar-refractivity contribution in [1.29, 1.82) is 0 Å². The molecule has 1 fully saturated rings. The predicted octanol–water partition coefficient (Wildman–Crippen LogP) is 2.45. The second-order valence-electron chi connectivity index (χ2n) is 6.11. The molecule has 3 unspecified atom stereocenters. The zero-order chi connectivity index (χ0) is 15.4. The van der Waals surface area contributed by atoms with Crippen LogP contribution in [0.15, 0.2) is 59.8 Å². The summed E-state index contributed by atoms with van der Waals surface area (Å²) in [5, 5.41) is 6.75. The SMILES string of the molecule is CNCCCCC1NC2C3=CC=CC(=CC=CC=C3)C2C1=O. The lowest BCUT2D eigenvalue weighted by atomic mass is 9.86. The van der Waals surface area contributed by atoms with Gasteiger partial charge in [-0.05, 0) is 37.6 Å². The van der Waals surface area contributed by atoms with Gasteiger partial charge in [0.1, 0.15) is 0 Å². The van der Waals surface area contributed by atoms with Crippen molar-refractivity contribution in [3.05, 3.63) is 59.8 Å². The molecule has 0 amide bonds. The minimum absolute atomic E-state index is 0.0121. The van der Waals surface area contributed by atoms with Gasteiger partial charge in [0, 0.05) is 6.04 Å². The lowest BCUT2D eigenvalue weighted by molar-refractivity contribution is -0.121. The fourth-order valence-electron chi connectivity index (χ4n) is 3.49. The van der Waals surface area contributed by atoms with Crippen LogP contribution in [0.4, 0.5) is 0 Å². The summed E-state index contributed by atoms with van der Waals surface area (Å²) in [4.78, 5) is 12.9. The number of nitrogens with one attached hydrogen (secondary N) is 2. The molecule has 0 saturated carbocycles. The molecule has 1 heterocycles. The quantitative estimate of drug-likeness (QED) is 0.766. The molecule has 0 aromatic carbocycles. The first-order valence-electron chi connectivity index (χ1n) is 8.19. The zero-order valence-electron chi connectivity index (χ0n) is 13.1. The zero-order valence-corrected chi connectivity index (χ0v) is 13.1. The molecule has 3 nitrogen and oxygen atoms in total. The van der Waals surface area contributed by atoms with Gasteiger partial charge in [0.2, 0.25) is 0 Å². The summed E-state index contributed by atoms with van der Waals surface area (Å²) in [5.41, 5.74) is 2.31. The van der Waals surface area contributed by atoms with Crippen molar-refractivity contribution < 1.29 is 4.79 Å². The standard InChI is InChI=1S/C19H24N2O/c1-20-13-6-5-12-16-19(22)17-14-8-3-2-4-9-15(11-7-10-14)18(17)21-16/h2-4,7-11,16-18,20-21H,5-6,12-13H2,1H3. The Balaban J connectivity index is 1.80. The van der Waals surface area contributed by atoms with Gasteiger partial charge in [-0.3, -0.25) is 10.1 Å². The van der Waals surface area contributed by atoms with E-state index >= 15 is 0 Å². The molecule has 22 heavy (non-hydrogen) atoms. The Kier molecular flexibility index (Phi) is 4.86. The van der Waals surface area contributed by atoms with Crippen LogP contribution in [0.5, 0.6) is 0 Å². The average Bonchev–Trinajstić information content (AvgIpc) is 2.79. The van der Waals surface area contributed by atoms with Crippen LogP contribution in [0.25, 0.3) is 0 Å².